The van der Waals surface area contributed by atoms with Gasteiger partial charge in [-0.3, -0.25) is 0 Å². The van der Waals surface area contributed by atoms with Gasteiger partial charge >= 0.3 is 0 Å². The number of hydrogen-bond donors (Lipinski definition) is 1. The van der Waals surface area contributed by atoms with Crippen molar-refractivity contribution >= 4 is 6.21 Å². The molecule has 0 unspecified atom stereocenters. The molecular weight excluding hydrogens is 112 g/mol. The van der Waals surface area contributed by atoms with Gasteiger partial charge in [-0.1, -0.05) is 0 Å². The minimum absolute atomic E-state index is 0.494. The number of allylic oxidation sites excluding steroid dienone is 3. The molecule has 0 aliphatic heterocycles. The highest BCUT2D eigenvalue weighted by atomic mass is 14.3. The first-order chi connectivity index (χ1) is 4.36. The molecule has 0 heterocycles. The zero-order valence-corrected chi connectivity index (χ0v) is 4.68. The second-order valence-electron chi connectivity index (χ2n) is 1.60. The predicted molar refractivity (Wildman–Crippen MR) is 34.1 cm³/mol. The van der Waals surface area contributed by atoms with E-state index in [-0.39, 0.29) is 0 Å². The molecule has 0 radical (unpaired) electrons. The van der Waals surface area contributed by atoms with Crippen LogP contribution in [0.3, 0.4) is 0 Å². The zero-order chi connectivity index (χ0) is 6.69. The van der Waals surface area contributed by atoms with Gasteiger partial charge in [-0.05, 0) is 12.2 Å². The second-order valence-corrected chi connectivity index (χ2v) is 1.60. The fraction of sp³-hybridized carbons (Fsp3) is 0. The molecule has 9 heavy (non-hydrogen) atoms. The molecule has 0 saturated carbocycles. The van der Waals surface area contributed by atoms with Crippen LogP contribution < -0.4 is 0 Å². The summed E-state index contributed by atoms with van der Waals surface area (Å²) in [5, 5.41) is 15.1. The standard InChI is InChI=1S/C7H4N2/c8-4-6-1-2-7(3-6)5-9/h1,3-4,8H. The Morgan fingerprint density at radius 3 is 2.89 bits per heavy atom. The van der Waals surface area contributed by atoms with Gasteiger partial charge in [-0.15, -0.1) is 5.73 Å². The summed E-state index contributed by atoms with van der Waals surface area (Å²) in [4.78, 5) is 0. The summed E-state index contributed by atoms with van der Waals surface area (Å²) in [6.45, 7) is 0. The molecule has 0 bridgehead atoms. The van der Waals surface area contributed by atoms with E-state index in [1.54, 1.807) is 12.2 Å². The van der Waals surface area contributed by atoms with Gasteiger partial charge in [0.25, 0.3) is 0 Å². The molecule has 0 amide bonds. The van der Waals surface area contributed by atoms with Gasteiger partial charge in [0, 0.05) is 11.8 Å². The maximum absolute atomic E-state index is 8.29. The van der Waals surface area contributed by atoms with Gasteiger partial charge in [0.05, 0.1) is 5.57 Å². The summed E-state index contributed by atoms with van der Waals surface area (Å²) < 4.78 is 0. The number of nitrogens with one attached hydrogen (secondary N) is 1. The van der Waals surface area contributed by atoms with Crippen molar-refractivity contribution < 1.29 is 0 Å². The van der Waals surface area contributed by atoms with E-state index >= 15 is 0 Å². The molecule has 2 nitrogen and oxygen atoms in total. The average molecular weight is 116 g/mol. The lowest BCUT2D eigenvalue weighted by atomic mass is 10.3. The Kier molecular flexibility index (Phi) is 1.31. The van der Waals surface area contributed by atoms with Crippen molar-refractivity contribution in [3.05, 3.63) is 29.0 Å². The molecule has 0 spiro atoms. The van der Waals surface area contributed by atoms with E-state index in [4.69, 9.17) is 10.7 Å². The fourth-order valence-corrected chi connectivity index (χ4v) is 0.559. The molecule has 0 aromatic carbocycles. The van der Waals surface area contributed by atoms with E-state index in [9.17, 15) is 0 Å². The Balaban J connectivity index is 2.92. The molecule has 1 aliphatic rings. The molecule has 0 atom stereocenters. The Morgan fingerprint density at radius 1 is 1.78 bits per heavy atom. The molecule has 0 aromatic rings. The molecule has 0 saturated heterocycles. The summed E-state index contributed by atoms with van der Waals surface area (Å²) in [6, 6.07) is 1.92. The molecular formula is C7H4N2. The maximum atomic E-state index is 8.29. The van der Waals surface area contributed by atoms with Crippen LogP contribution in [0.4, 0.5) is 0 Å². The monoisotopic (exact) mass is 116 g/mol. The lowest BCUT2D eigenvalue weighted by molar-refractivity contribution is 1.50. The van der Waals surface area contributed by atoms with Crippen LogP contribution in [-0.4, -0.2) is 6.21 Å². The van der Waals surface area contributed by atoms with Crippen LogP contribution in [0, 0.1) is 16.7 Å². The quantitative estimate of drug-likeness (QED) is 0.406. The van der Waals surface area contributed by atoms with Crippen LogP contribution in [-0.2, 0) is 0 Å². The van der Waals surface area contributed by atoms with Crippen molar-refractivity contribution in [3.63, 3.8) is 0 Å². The van der Waals surface area contributed by atoms with Gasteiger partial charge in [0.1, 0.15) is 6.07 Å². The van der Waals surface area contributed by atoms with Crippen LogP contribution in [0.5, 0.6) is 0 Å². The Bertz CT molecular complexity index is 270. The number of rotatable bonds is 1. The van der Waals surface area contributed by atoms with Gasteiger partial charge in [0.15, 0.2) is 0 Å². The minimum Gasteiger partial charge on any atom is -0.308 e. The van der Waals surface area contributed by atoms with Crippen LogP contribution in [0.2, 0.25) is 0 Å². The third-order valence-electron chi connectivity index (χ3n) is 0.992. The summed E-state index contributed by atoms with van der Waals surface area (Å²) in [7, 11) is 0. The summed E-state index contributed by atoms with van der Waals surface area (Å²) in [6.07, 6.45) is 4.43. The Hall–Kier alpha value is -1.58. The van der Waals surface area contributed by atoms with Crippen molar-refractivity contribution in [2.24, 2.45) is 0 Å². The second kappa shape index (κ2) is 2.13. The Morgan fingerprint density at radius 2 is 2.56 bits per heavy atom. The van der Waals surface area contributed by atoms with Crippen molar-refractivity contribution in [1.82, 2.24) is 0 Å². The first kappa shape index (κ1) is 5.55. The van der Waals surface area contributed by atoms with Crippen LogP contribution in [0.15, 0.2) is 29.0 Å². The van der Waals surface area contributed by atoms with E-state index in [0.29, 0.717) is 5.57 Å². The lowest BCUT2D eigenvalue weighted by Crippen LogP contribution is -1.72. The van der Waals surface area contributed by atoms with Crippen LogP contribution in [0.25, 0.3) is 0 Å². The smallest absolute Gasteiger partial charge is 0.108 e. The first-order valence-electron chi connectivity index (χ1n) is 2.46. The highest BCUT2D eigenvalue weighted by Crippen LogP contribution is 2.06. The molecule has 0 aromatic heterocycles. The first-order valence-corrected chi connectivity index (χ1v) is 2.46. The van der Waals surface area contributed by atoms with Crippen LogP contribution >= 0.6 is 0 Å². The van der Waals surface area contributed by atoms with Gasteiger partial charge in [-0.25, -0.2) is 0 Å². The Labute approximate surface area is 52.9 Å². The van der Waals surface area contributed by atoms with E-state index in [0.717, 1.165) is 5.57 Å². The van der Waals surface area contributed by atoms with Gasteiger partial charge in [-0.2, -0.15) is 5.26 Å². The SMILES string of the molecule is N#CC1=C=CC(C=N)=C1. The van der Waals surface area contributed by atoms with Crippen molar-refractivity contribution in [2.75, 3.05) is 0 Å². The van der Waals surface area contributed by atoms with Gasteiger partial charge in [0.2, 0.25) is 0 Å². The summed E-state index contributed by atoms with van der Waals surface area (Å²) >= 11 is 0. The lowest BCUT2D eigenvalue weighted by Gasteiger charge is -1.77. The third kappa shape index (κ3) is 0.962. The predicted octanol–water partition coefficient (Wildman–Crippen LogP) is 1.18. The normalized spacial score (nSPS) is 14.1. The third-order valence-corrected chi connectivity index (χ3v) is 0.992. The van der Waals surface area contributed by atoms with E-state index in [2.05, 4.69) is 5.73 Å². The molecule has 1 aliphatic carbocycles. The molecule has 2 heteroatoms. The number of nitrogens with zero attached hydrogens (tertiary/aromatic N) is 1. The largest absolute Gasteiger partial charge is 0.308 e. The van der Waals surface area contributed by atoms with E-state index < -0.39 is 0 Å². The van der Waals surface area contributed by atoms with Crippen molar-refractivity contribution in [2.45, 2.75) is 0 Å². The molecule has 0 fully saturated rings. The van der Waals surface area contributed by atoms with Crippen molar-refractivity contribution in [1.29, 1.82) is 10.7 Å². The van der Waals surface area contributed by atoms with E-state index in [1.165, 1.54) is 6.21 Å². The van der Waals surface area contributed by atoms with E-state index in [1.807, 2.05) is 6.07 Å². The fourth-order valence-electron chi connectivity index (χ4n) is 0.559. The summed E-state index contributed by atoms with van der Waals surface area (Å²) in [5.41, 5.74) is 3.92. The van der Waals surface area contributed by atoms with Gasteiger partial charge < -0.3 is 5.41 Å². The average Bonchev–Trinajstić information content (AvgIpc) is 2.34. The minimum atomic E-state index is 0.494. The maximum Gasteiger partial charge on any atom is 0.108 e. The number of hydrogen-bond acceptors (Lipinski definition) is 2. The summed E-state index contributed by atoms with van der Waals surface area (Å²) in [5.74, 6) is 0. The topological polar surface area (TPSA) is 47.6 Å². The highest BCUT2D eigenvalue weighted by molar-refractivity contribution is 5.82. The van der Waals surface area contributed by atoms with Crippen LogP contribution in [0.1, 0.15) is 0 Å². The number of nitriles is 1. The molecule has 42 valence electrons. The highest BCUT2D eigenvalue weighted by Gasteiger charge is 1.95. The zero-order valence-electron chi connectivity index (χ0n) is 4.68. The molecule has 1 N–H and O–H groups in total. The molecule has 1 rings (SSSR count). The van der Waals surface area contributed by atoms with Crippen molar-refractivity contribution in [3.8, 4) is 6.07 Å².